The van der Waals surface area contributed by atoms with Crippen LogP contribution >= 0.6 is 12.2 Å². The number of nitro groups is 1. The summed E-state index contributed by atoms with van der Waals surface area (Å²) >= 11 is 5.04. The third-order valence-corrected chi connectivity index (χ3v) is 3.31. The molecule has 25 heavy (non-hydrogen) atoms. The lowest BCUT2D eigenvalue weighted by Gasteiger charge is -2.10. The largest absolute Gasteiger partial charge is 0.332 e. The van der Waals surface area contributed by atoms with Crippen LogP contribution in [0.15, 0.2) is 48.5 Å². The lowest BCUT2D eigenvalue weighted by Crippen LogP contribution is -2.34. The molecular formula is C15H13N5O4S. The average molecular weight is 359 g/mol. The second-order valence-electron chi connectivity index (χ2n) is 4.76. The Hall–Kier alpha value is -3.37. The Morgan fingerprint density at radius 1 is 0.960 bits per heavy atom. The first-order valence-electron chi connectivity index (χ1n) is 6.88. The van der Waals surface area contributed by atoms with Gasteiger partial charge in [0.1, 0.15) is 0 Å². The molecule has 0 heterocycles. The van der Waals surface area contributed by atoms with Crippen LogP contribution in [0.3, 0.4) is 0 Å². The first kappa shape index (κ1) is 18.0. The number of non-ortho nitro benzene ring substituents is 1. The van der Waals surface area contributed by atoms with Crippen molar-refractivity contribution in [1.82, 2.24) is 10.7 Å². The molecule has 0 aliphatic carbocycles. The minimum Gasteiger partial charge on any atom is -0.332 e. The van der Waals surface area contributed by atoms with Crippen molar-refractivity contribution in [3.8, 4) is 0 Å². The summed E-state index contributed by atoms with van der Waals surface area (Å²) in [5.41, 5.74) is 3.05. The first-order valence-corrected chi connectivity index (χ1v) is 7.29. The van der Waals surface area contributed by atoms with Crippen molar-refractivity contribution in [2.45, 2.75) is 0 Å². The van der Waals surface area contributed by atoms with E-state index in [1.807, 2.05) is 5.43 Å². The number of carbonyl (C=O) groups is 2. The van der Waals surface area contributed by atoms with Gasteiger partial charge in [-0.3, -0.25) is 30.4 Å². The van der Waals surface area contributed by atoms with E-state index in [0.717, 1.165) is 0 Å². The van der Waals surface area contributed by atoms with Crippen LogP contribution < -0.4 is 21.9 Å². The predicted octanol–water partition coefficient (Wildman–Crippen LogP) is 1.33. The standard InChI is InChI=1S/C15H13N5O4S/c16-19-14(22)10-1-5-11(6-2-10)17-15(25)18-13(21)9-3-7-12(8-4-9)20(23)24/h1-8H,16H2,(H,19,22)(H2,17,18,21,25). The SMILES string of the molecule is NNC(=O)c1ccc(NC(=S)NC(=O)c2ccc([N+](=O)[O-])cc2)cc1. The maximum atomic E-state index is 12.0. The number of nitrogen functional groups attached to an aromatic ring is 1. The van der Waals surface area contributed by atoms with E-state index >= 15 is 0 Å². The second kappa shape index (κ2) is 7.95. The third-order valence-electron chi connectivity index (χ3n) is 3.10. The number of thiocarbonyl (C=S) groups is 1. The molecule has 0 aromatic heterocycles. The van der Waals surface area contributed by atoms with E-state index in [9.17, 15) is 19.7 Å². The van der Waals surface area contributed by atoms with Crippen LogP contribution in [0, 0.1) is 10.1 Å². The molecule has 5 N–H and O–H groups in total. The number of hydrogen-bond donors (Lipinski definition) is 4. The van der Waals surface area contributed by atoms with E-state index in [1.54, 1.807) is 12.1 Å². The average Bonchev–Trinajstić information content (AvgIpc) is 2.61. The van der Waals surface area contributed by atoms with Crippen LogP contribution in [0.25, 0.3) is 0 Å². The molecule has 0 spiro atoms. The monoisotopic (exact) mass is 359 g/mol. The highest BCUT2D eigenvalue weighted by Gasteiger charge is 2.11. The molecule has 0 aliphatic rings. The number of anilines is 1. The fourth-order valence-corrected chi connectivity index (χ4v) is 2.07. The van der Waals surface area contributed by atoms with Crippen molar-refractivity contribution in [3.63, 3.8) is 0 Å². The minimum absolute atomic E-state index is 0.0411. The van der Waals surface area contributed by atoms with Crippen molar-refractivity contribution in [2.24, 2.45) is 5.84 Å². The van der Waals surface area contributed by atoms with E-state index in [0.29, 0.717) is 11.3 Å². The van der Waals surface area contributed by atoms with Gasteiger partial charge < -0.3 is 5.32 Å². The Labute approximate surface area is 147 Å². The van der Waals surface area contributed by atoms with Crippen LogP contribution in [-0.2, 0) is 0 Å². The fraction of sp³-hybridized carbons (Fsp3) is 0. The summed E-state index contributed by atoms with van der Waals surface area (Å²) in [5.74, 6) is 4.10. The number of carbonyl (C=O) groups excluding carboxylic acids is 2. The molecule has 9 nitrogen and oxygen atoms in total. The van der Waals surface area contributed by atoms with Crippen LogP contribution in [0.4, 0.5) is 11.4 Å². The Kier molecular flexibility index (Phi) is 5.71. The molecule has 0 radical (unpaired) electrons. The molecule has 0 unspecified atom stereocenters. The molecule has 0 atom stereocenters. The summed E-state index contributed by atoms with van der Waals surface area (Å²) < 4.78 is 0. The van der Waals surface area contributed by atoms with E-state index in [2.05, 4.69) is 10.6 Å². The molecule has 0 aliphatic heterocycles. The minimum atomic E-state index is -0.553. The maximum Gasteiger partial charge on any atom is 0.269 e. The Bertz CT molecular complexity index is 821. The van der Waals surface area contributed by atoms with Gasteiger partial charge in [0.2, 0.25) is 0 Å². The number of amides is 2. The smallest absolute Gasteiger partial charge is 0.269 e. The molecule has 0 fully saturated rings. The van der Waals surface area contributed by atoms with Crippen LogP contribution in [0.1, 0.15) is 20.7 Å². The predicted molar refractivity (Wildman–Crippen MR) is 94.9 cm³/mol. The number of nitro benzene ring substituents is 1. The normalized spacial score (nSPS) is 9.80. The van der Waals surface area contributed by atoms with E-state index in [1.165, 1.54) is 36.4 Å². The van der Waals surface area contributed by atoms with Crippen molar-refractivity contribution >= 4 is 40.5 Å². The number of nitrogens with zero attached hydrogens (tertiary/aromatic N) is 1. The number of nitrogens with one attached hydrogen (secondary N) is 3. The van der Waals surface area contributed by atoms with Crippen molar-refractivity contribution < 1.29 is 14.5 Å². The van der Waals surface area contributed by atoms with Gasteiger partial charge in [0, 0.05) is 28.9 Å². The van der Waals surface area contributed by atoms with Gasteiger partial charge in [-0.25, -0.2) is 5.84 Å². The Morgan fingerprint density at radius 2 is 1.48 bits per heavy atom. The molecule has 128 valence electrons. The zero-order chi connectivity index (χ0) is 18.4. The van der Waals surface area contributed by atoms with Gasteiger partial charge in [0.15, 0.2) is 5.11 Å². The zero-order valence-corrected chi connectivity index (χ0v) is 13.5. The number of nitrogens with two attached hydrogens (primary N) is 1. The van der Waals surface area contributed by atoms with Crippen LogP contribution in [0.5, 0.6) is 0 Å². The van der Waals surface area contributed by atoms with Crippen molar-refractivity contribution in [2.75, 3.05) is 5.32 Å². The summed E-state index contributed by atoms with van der Waals surface area (Å²) in [6.45, 7) is 0. The topological polar surface area (TPSA) is 139 Å². The summed E-state index contributed by atoms with van der Waals surface area (Å²) in [7, 11) is 0. The summed E-state index contributed by atoms with van der Waals surface area (Å²) in [6, 6.07) is 11.4. The first-order chi connectivity index (χ1) is 11.9. The molecular weight excluding hydrogens is 346 g/mol. The molecule has 0 saturated carbocycles. The van der Waals surface area contributed by atoms with Crippen LogP contribution in [-0.4, -0.2) is 21.9 Å². The molecule has 0 saturated heterocycles. The molecule has 2 aromatic rings. The van der Waals surface area contributed by atoms with Gasteiger partial charge in [-0.1, -0.05) is 0 Å². The highest BCUT2D eigenvalue weighted by atomic mass is 32.1. The Balaban J connectivity index is 1.96. The second-order valence-corrected chi connectivity index (χ2v) is 5.17. The van der Waals surface area contributed by atoms with Gasteiger partial charge in [0.25, 0.3) is 17.5 Å². The number of rotatable bonds is 4. The molecule has 2 rings (SSSR count). The van der Waals surface area contributed by atoms with E-state index < -0.39 is 16.7 Å². The fourth-order valence-electron chi connectivity index (χ4n) is 1.86. The summed E-state index contributed by atoms with van der Waals surface area (Å²) in [6.07, 6.45) is 0. The lowest BCUT2D eigenvalue weighted by atomic mass is 10.2. The lowest BCUT2D eigenvalue weighted by molar-refractivity contribution is -0.384. The number of benzene rings is 2. The van der Waals surface area contributed by atoms with Gasteiger partial charge in [-0.05, 0) is 48.6 Å². The highest BCUT2D eigenvalue weighted by molar-refractivity contribution is 7.80. The van der Waals surface area contributed by atoms with Crippen molar-refractivity contribution in [1.29, 1.82) is 0 Å². The molecule has 2 amide bonds. The quantitative estimate of drug-likeness (QED) is 0.212. The van der Waals surface area contributed by atoms with E-state index in [4.69, 9.17) is 18.1 Å². The maximum absolute atomic E-state index is 12.0. The van der Waals surface area contributed by atoms with Gasteiger partial charge in [-0.15, -0.1) is 0 Å². The molecule has 0 bridgehead atoms. The van der Waals surface area contributed by atoms with Gasteiger partial charge >= 0.3 is 0 Å². The number of hydrogen-bond acceptors (Lipinski definition) is 6. The zero-order valence-electron chi connectivity index (χ0n) is 12.7. The number of hydrazine groups is 1. The molecule has 10 heteroatoms. The summed E-state index contributed by atoms with van der Waals surface area (Å²) in [5, 5.41) is 15.9. The van der Waals surface area contributed by atoms with Gasteiger partial charge in [-0.2, -0.15) is 0 Å². The van der Waals surface area contributed by atoms with Crippen molar-refractivity contribution in [3.05, 3.63) is 69.8 Å². The third kappa shape index (κ3) is 4.80. The van der Waals surface area contributed by atoms with E-state index in [-0.39, 0.29) is 16.4 Å². The van der Waals surface area contributed by atoms with Crippen LogP contribution in [0.2, 0.25) is 0 Å². The summed E-state index contributed by atoms with van der Waals surface area (Å²) in [4.78, 5) is 33.4. The van der Waals surface area contributed by atoms with Gasteiger partial charge in [0.05, 0.1) is 4.92 Å². The Morgan fingerprint density at radius 3 is 2.00 bits per heavy atom. The molecule has 2 aromatic carbocycles. The highest BCUT2D eigenvalue weighted by Crippen LogP contribution is 2.12.